The summed E-state index contributed by atoms with van der Waals surface area (Å²) in [5, 5.41) is 7.64. The molecule has 0 fully saturated rings. The molecule has 2 heterocycles. The van der Waals surface area contributed by atoms with E-state index in [4.69, 9.17) is 5.73 Å². The van der Waals surface area contributed by atoms with Crippen molar-refractivity contribution in [1.82, 2.24) is 20.3 Å². The zero-order valence-electron chi connectivity index (χ0n) is 13.8. The van der Waals surface area contributed by atoms with Gasteiger partial charge in [-0.3, -0.25) is 4.79 Å². The van der Waals surface area contributed by atoms with Gasteiger partial charge in [-0.15, -0.1) is 11.3 Å². The van der Waals surface area contributed by atoms with Crippen molar-refractivity contribution in [3.05, 3.63) is 71.5 Å². The van der Waals surface area contributed by atoms with Crippen LogP contribution in [0.5, 0.6) is 0 Å². The molecule has 1 amide bonds. The number of aromatic nitrogens is 3. The predicted octanol–water partition coefficient (Wildman–Crippen LogP) is 3.12. The van der Waals surface area contributed by atoms with E-state index in [1.807, 2.05) is 30.3 Å². The summed E-state index contributed by atoms with van der Waals surface area (Å²) >= 11 is 1.37. The minimum absolute atomic E-state index is 0.248. The summed E-state index contributed by atoms with van der Waals surface area (Å²) in [6, 6.07) is 13.9. The van der Waals surface area contributed by atoms with Crippen LogP contribution in [0, 0.1) is 0 Å². The lowest BCUT2D eigenvalue weighted by Crippen LogP contribution is -2.33. The lowest BCUT2D eigenvalue weighted by Gasteiger charge is -2.17. The summed E-state index contributed by atoms with van der Waals surface area (Å²) < 4.78 is 0. The summed E-state index contributed by atoms with van der Waals surface area (Å²) in [5.74, 6) is 0.404. The lowest BCUT2D eigenvalue weighted by atomic mass is 10.0. The first-order valence-corrected chi connectivity index (χ1v) is 9.07. The second-order valence-corrected chi connectivity index (χ2v) is 6.70. The van der Waals surface area contributed by atoms with Gasteiger partial charge in [0.05, 0.1) is 6.04 Å². The first kappa shape index (κ1) is 16.4. The van der Waals surface area contributed by atoms with Crippen LogP contribution in [0.3, 0.4) is 0 Å². The Hall–Kier alpha value is -3.03. The number of rotatable bonds is 5. The first-order valence-electron chi connectivity index (χ1n) is 8.19. The Morgan fingerprint density at radius 3 is 2.85 bits per heavy atom. The standard InChI is InChI=1S/C19H17N5OS/c20-10-15(14-6-5-12-3-1-2-4-13(12)9-14)23-18(25)16-11-26-19(24-16)17-21-7-8-22-17/h1-9,11,15H,10,20H2,(H,21,22)(H,23,25). The molecule has 0 bridgehead atoms. The highest BCUT2D eigenvalue weighted by molar-refractivity contribution is 7.13. The number of hydrogen-bond donors (Lipinski definition) is 3. The minimum atomic E-state index is -0.277. The number of imidazole rings is 1. The van der Waals surface area contributed by atoms with Crippen LogP contribution in [0.4, 0.5) is 0 Å². The Morgan fingerprint density at radius 1 is 1.23 bits per heavy atom. The second kappa shape index (κ2) is 7.07. The van der Waals surface area contributed by atoms with Crippen LogP contribution in [0.15, 0.2) is 60.2 Å². The van der Waals surface area contributed by atoms with Gasteiger partial charge in [0.1, 0.15) is 5.69 Å². The normalized spacial score (nSPS) is 12.2. The Kier molecular flexibility index (Phi) is 4.47. The third-order valence-corrected chi connectivity index (χ3v) is 5.00. The van der Waals surface area contributed by atoms with Crippen molar-refractivity contribution in [3.63, 3.8) is 0 Å². The van der Waals surface area contributed by atoms with Gasteiger partial charge in [0.25, 0.3) is 5.91 Å². The molecule has 1 unspecified atom stereocenters. The lowest BCUT2D eigenvalue weighted by molar-refractivity contribution is 0.0933. The van der Waals surface area contributed by atoms with Gasteiger partial charge in [0.15, 0.2) is 10.8 Å². The Bertz CT molecular complexity index is 1040. The number of aromatic amines is 1. The summed E-state index contributed by atoms with van der Waals surface area (Å²) in [5.41, 5.74) is 7.24. The van der Waals surface area contributed by atoms with Gasteiger partial charge in [-0.05, 0) is 22.4 Å². The van der Waals surface area contributed by atoms with Gasteiger partial charge in [-0.25, -0.2) is 9.97 Å². The fourth-order valence-corrected chi connectivity index (χ4v) is 3.56. The molecule has 0 radical (unpaired) electrons. The minimum Gasteiger partial charge on any atom is -0.343 e. The fraction of sp³-hybridized carbons (Fsp3) is 0.105. The van der Waals surface area contributed by atoms with Crippen molar-refractivity contribution < 1.29 is 4.79 Å². The molecule has 2 aromatic carbocycles. The highest BCUT2D eigenvalue weighted by Gasteiger charge is 2.18. The number of fused-ring (bicyclic) bond motifs is 1. The largest absolute Gasteiger partial charge is 0.343 e. The molecule has 6 nitrogen and oxygen atoms in total. The molecule has 2 aromatic heterocycles. The van der Waals surface area contributed by atoms with Crippen molar-refractivity contribution in [2.45, 2.75) is 6.04 Å². The topological polar surface area (TPSA) is 96.7 Å². The molecule has 0 saturated heterocycles. The van der Waals surface area contributed by atoms with Crippen LogP contribution < -0.4 is 11.1 Å². The number of nitrogens with zero attached hydrogens (tertiary/aromatic N) is 2. The quantitative estimate of drug-likeness (QED) is 0.507. The van der Waals surface area contributed by atoms with E-state index in [1.54, 1.807) is 17.8 Å². The van der Waals surface area contributed by atoms with Gasteiger partial charge in [0.2, 0.25) is 0 Å². The zero-order chi connectivity index (χ0) is 17.9. The molecule has 4 rings (SSSR count). The highest BCUT2D eigenvalue weighted by Crippen LogP contribution is 2.22. The molecular formula is C19H17N5OS. The summed E-state index contributed by atoms with van der Waals surface area (Å²) in [7, 11) is 0. The van der Waals surface area contributed by atoms with Crippen LogP contribution in [0.2, 0.25) is 0 Å². The molecule has 0 saturated carbocycles. The molecule has 0 aliphatic heterocycles. The smallest absolute Gasteiger partial charge is 0.271 e. The number of amides is 1. The van der Waals surface area contributed by atoms with Gasteiger partial charge in [-0.2, -0.15) is 0 Å². The number of nitrogens with one attached hydrogen (secondary N) is 2. The molecule has 130 valence electrons. The highest BCUT2D eigenvalue weighted by atomic mass is 32.1. The number of nitrogens with two attached hydrogens (primary N) is 1. The number of thiazole rings is 1. The molecule has 26 heavy (non-hydrogen) atoms. The summed E-state index contributed by atoms with van der Waals surface area (Å²) in [6.07, 6.45) is 3.38. The first-order chi connectivity index (χ1) is 12.7. The van der Waals surface area contributed by atoms with Crippen LogP contribution in [-0.2, 0) is 0 Å². The van der Waals surface area contributed by atoms with Crippen molar-refractivity contribution in [2.24, 2.45) is 5.73 Å². The van der Waals surface area contributed by atoms with E-state index in [1.165, 1.54) is 11.3 Å². The van der Waals surface area contributed by atoms with Gasteiger partial charge >= 0.3 is 0 Å². The van der Waals surface area contributed by atoms with Crippen molar-refractivity contribution in [2.75, 3.05) is 6.54 Å². The number of hydrogen-bond acceptors (Lipinski definition) is 5. The van der Waals surface area contributed by atoms with E-state index in [0.29, 0.717) is 23.1 Å². The summed E-state index contributed by atoms with van der Waals surface area (Å²) in [4.78, 5) is 24.1. The third kappa shape index (κ3) is 3.22. The van der Waals surface area contributed by atoms with Gasteiger partial charge < -0.3 is 16.0 Å². The number of benzene rings is 2. The van der Waals surface area contributed by atoms with Gasteiger partial charge in [0, 0.05) is 24.3 Å². The van der Waals surface area contributed by atoms with E-state index >= 15 is 0 Å². The number of carbonyl (C=O) groups is 1. The van der Waals surface area contributed by atoms with E-state index in [-0.39, 0.29) is 11.9 Å². The van der Waals surface area contributed by atoms with Crippen molar-refractivity contribution >= 4 is 28.0 Å². The average Bonchev–Trinajstić information content (AvgIpc) is 3.36. The molecule has 1 atom stereocenters. The fourth-order valence-electron chi connectivity index (χ4n) is 2.80. The average molecular weight is 363 g/mol. The molecule has 7 heteroatoms. The SMILES string of the molecule is NCC(NC(=O)c1csc(-c2ncc[nH]2)n1)c1ccc2ccccc2c1. The number of H-pyrrole nitrogens is 1. The van der Waals surface area contributed by atoms with E-state index in [2.05, 4.69) is 32.4 Å². The molecule has 4 N–H and O–H groups in total. The molecular weight excluding hydrogens is 346 g/mol. The van der Waals surface area contributed by atoms with E-state index in [0.717, 1.165) is 16.3 Å². The maximum atomic E-state index is 12.6. The van der Waals surface area contributed by atoms with Crippen molar-refractivity contribution in [3.8, 4) is 10.8 Å². The van der Waals surface area contributed by atoms with E-state index < -0.39 is 0 Å². The van der Waals surface area contributed by atoms with Crippen LogP contribution in [-0.4, -0.2) is 27.4 Å². The van der Waals surface area contributed by atoms with Gasteiger partial charge in [-0.1, -0.05) is 36.4 Å². The Morgan fingerprint density at radius 2 is 2.08 bits per heavy atom. The maximum Gasteiger partial charge on any atom is 0.271 e. The van der Waals surface area contributed by atoms with Crippen LogP contribution >= 0.6 is 11.3 Å². The van der Waals surface area contributed by atoms with Crippen LogP contribution in [0.1, 0.15) is 22.1 Å². The molecule has 0 spiro atoms. The number of carbonyl (C=O) groups excluding carboxylic acids is 1. The third-order valence-electron chi connectivity index (χ3n) is 4.15. The van der Waals surface area contributed by atoms with Crippen molar-refractivity contribution in [1.29, 1.82) is 0 Å². The molecule has 0 aliphatic carbocycles. The maximum absolute atomic E-state index is 12.6. The summed E-state index contributed by atoms with van der Waals surface area (Å²) in [6.45, 7) is 0.305. The Balaban J connectivity index is 1.54. The monoisotopic (exact) mass is 363 g/mol. The Labute approximate surface area is 154 Å². The second-order valence-electron chi connectivity index (χ2n) is 5.84. The van der Waals surface area contributed by atoms with Crippen LogP contribution in [0.25, 0.3) is 21.6 Å². The van der Waals surface area contributed by atoms with E-state index in [9.17, 15) is 4.79 Å². The predicted molar refractivity (Wildman–Crippen MR) is 103 cm³/mol. The zero-order valence-corrected chi connectivity index (χ0v) is 14.7. The molecule has 0 aliphatic rings. The molecule has 4 aromatic rings.